The number of amides is 1. The van der Waals surface area contributed by atoms with Crippen molar-refractivity contribution in [1.29, 1.82) is 5.41 Å². The molecule has 198 valence electrons. The molecule has 1 saturated heterocycles. The van der Waals surface area contributed by atoms with E-state index < -0.39 is 0 Å². The summed E-state index contributed by atoms with van der Waals surface area (Å²) in [5.74, 6) is 1.77. The molecule has 0 aromatic heterocycles. The maximum absolute atomic E-state index is 12.4. The summed E-state index contributed by atoms with van der Waals surface area (Å²) < 4.78 is 6.14. The number of nitrogens with one attached hydrogen (secondary N) is 2. The minimum atomic E-state index is -0.0968. The molecule has 0 aliphatic carbocycles. The van der Waals surface area contributed by atoms with Gasteiger partial charge < -0.3 is 20.7 Å². The SMILES string of the molecule is CC(=N)N1CCC(Oc2ccc(N=C(N)c3ccc4ccc(CNC(=O)c5ccccc5)cc4c3)cc2)CC1. The Bertz CT molecular complexity index is 1490. The van der Waals surface area contributed by atoms with E-state index in [2.05, 4.69) is 21.3 Å². The van der Waals surface area contributed by atoms with Crippen LogP contribution in [0.3, 0.4) is 0 Å². The van der Waals surface area contributed by atoms with Crippen LogP contribution in [0.25, 0.3) is 10.8 Å². The third-order valence-electron chi connectivity index (χ3n) is 6.99. The largest absolute Gasteiger partial charge is 0.490 e. The lowest BCUT2D eigenvalue weighted by atomic mass is 10.0. The number of hydrogen-bond acceptors (Lipinski definition) is 4. The number of likely N-dealkylation sites (tertiary alicyclic amines) is 1. The second kappa shape index (κ2) is 11.8. The summed E-state index contributed by atoms with van der Waals surface area (Å²) in [6.45, 7) is 3.98. The fourth-order valence-corrected chi connectivity index (χ4v) is 4.74. The monoisotopic (exact) mass is 519 g/mol. The average molecular weight is 520 g/mol. The summed E-state index contributed by atoms with van der Waals surface area (Å²) in [6.07, 6.45) is 1.98. The van der Waals surface area contributed by atoms with E-state index in [1.807, 2.05) is 79.7 Å². The summed E-state index contributed by atoms with van der Waals surface area (Å²) in [5.41, 5.74) is 9.62. The molecule has 0 bridgehead atoms. The number of piperidine rings is 1. The molecule has 7 heteroatoms. The van der Waals surface area contributed by atoms with E-state index in [1.54, 1.807) is 12.1 Å². The van der Waals surface area contributed by atoms with Gasteiger partial charge in [0, 0.05) is 43.6 Å². The molecule has 1 heterocycles. The van der Waals surface area contributed by atoms with Crippen LogP contribution in [0.2, 0.25) is 0 Å². The van der Waals surface area contributed by atoms with Gasteiger partial charge in [0.05, 0.1) is 11.5 Å². The summed E-state index contributed by atoms with van der Waals surface area (Å²) in [7, 11) is 0. The number of rotatable bonds is 7. The first kappa shape index (κ1) is 26.0. The first-order valence-electron chi connectivity index (χ1n) is 13.2. The van der Waals surface area contributed by atoms with Crippen LogP contribution in [0.15, 0.2) is 96.0 Å². The lowest BCUT2D eigenvalue weighted by Gasteiger charge is -2.32. The maximum atomic E-state index is 12.4. The molecule has 1 fully saturated rings. The van der Waals surface area contributed by atoms with Crippen LogP contribution in [0.1, 0.15) is 41.3 Å². The Labute approximate surface area is 228 Å². The van der Waals surface area contributed by atoms with Crippen molar-refractivity contribution < 1.29 is 9.53 Å². The number of carbonyl (C=O) groups is 1. The lowest BCUT2D eigenvalue weighted by molar-refractivity contribution is 0.0951. The summed E-state index contributed by atoms with van der Waals surface area (Å²) in [4.78, 5) is 19.1. The molecular weight excluding hydrogens is 486 g/mol. The smallest absolute Gasteiger partial charge is 0.251 e. The van der Waals surface area contributed by atoms with Gasteiger partial charge in [-0.1, -0.05) is 42.5 Å². The second-order valence-corrected chi connectivity index (χ2v) is 9.83. The van der Waals surface area contributed by atoms with Crippen LogP contribution in [-0.4, -0.2) is 41.7 Å². The van der Waals surface area contributed by atoms with Crippen molar-refractivity contribution in [3.63, 3.8) is 0 Å². The van der Waals surface area contributed by atoms with Gasteiger partial charge in [0.15, 0.2) is 0 Å². The van der Waals surface area contributed by atoms with Crippen molar-refractivity contribution in [2.75, 3.05) is 13.1 Å². The van der Waals surface area contributed by atoms with Crippen LogP contribution in [-0.2, 0) is 6.54 Å². The van der Waals surface area contributed by atoms with Crippen LogP contribution < -0.4 is 15.8 Å². The van der Waals surface area contributed by atoms with Crippen molar-refractivity contribution in [3.05, 3.63) is 108 Å². The number of amidine groups is 2. The molecule has 0 radical (unpaired) electrons. The molecule has 0 saturated carbocycles. The molecule has 4 aromatic rings. The minimum absolute atomic E-state index is 0.0968. The zero-order valence-electron chi connectivity index (χ0n) is 22.1. The predicted octanol–water partition coefficient (Wildman–Crippen LogP) is 5.65. The number of nitrogens with zero attached hydrogens (tertiary/aromatic N) is 2. The number of benzene rings is 4. The van der Waals surface area contributed by atoms with E-state index >= 15 is 0 Å². The van der Waals surface area contributed by atoms with E-state index in [9.17, 15) is 4.79 Å². The Morgan fingerprint density at radius 3 is 2.38 bits per heavy atom. The molecule has 4 aromatic carbocycles. The molecule has 1 amide bonds. The van der Waals surface area contributed by atoms with Crippen molar-refractivity contribution >= 4 is 34.0 Å². The number of nitrogens with two attached hydrogens (primary N) is 1. The van der Waals surface area contributed by atoms with Crippen LogP contribution in [0.4, 0.5) is 5.69 Å². The molecule has 5 rings (SSSR count). The van der Waals surface area contributed by atoms with E-state index in [0.717, 1.165) is 59.3 Å². The summed E-state index contributed by atoms with van der Waals surface area (Å²) in [5, 5.41) is 12.9. The van der Waals surface area contributed by atoms with Crippen LogP contribution in [0.5, 0.6) is 5.75 Å². The van der Waals surface area contributed by atoms with Gasteiger partial charge >= 0.3 is 0 Å². The van der Waals surface area contributed by atoms with E-state index in [-0.39, 0.29) is 12.0 Å². The zero-order chi connectivity index (χ0) is 27.2. The van der Waals surface area contributed by atoms with Gasteiger partial charge in [-0.25, -0.2) is 4.99 Å². The molecule has 1 aliphatic rings. The van der Waals surface area contributed by atoms with Crippen molar-refractivity contribution in [2.24, 2.45) is 10.7 Å². The highest BCUT2D eigenvalue weighted by molar-refractivity contribution is 6.02. The molecule has 7 nitrogen and oxygen atoms in total. The fraction of sp³-hybridized carbons (Fsp3) is 0.219. The molecule has 39 heavy (non-hydrogen) atoms. The van der Waals surface area contributed by atoms with Crippen molar-refractivity contribution in [2.45, 2.75) is 32.4 Å². The first-order valence-corrected chi connectivity index (χ1v) is 13.2. The van der Waals surface area contributed by atoms with Gasteiger partial charge in [0.2, 0.25) is 0 Å². The Morgan fingerprint density at radius 2 is 1.67 bits per heavy atom. The van der Waals surface area contributed by atoms with Gasteiger partial charge in [-0.3, -0.25) is 10.2 Å². The summed E-state index contributed by atoms with van der Waals surface area (Å²) in [6, 6.07) is 29.0. The maximum Gasteiger partial charge on any atom is 0.251 e. The van der Waals surface area contributed by atoms with Crippen LogP contribution >= 0.6 is 0 Å². The highest BCUT2D eigenvalue weighted by Gasteiger charge is 2.20. The van der Waals surface area contributed by atoms with E-state index in [1.165, 1.54) is 0 Å². The van der Waals surface area contributed by atoms with E-state index in [0.29, 0.717) is 23.8 Å². The third-order valence-corrected chi connectivity index (χ3v) is 6.99. The third kappa shape index (κ3) is 6.62. The van der Waals surface area contributed by atoms with Gasteiger partial charge in [-0.2, -0.15) is 0 Å². The molecular formula is C32H33N5O2. The van der Waals surface area contributed by atoms with Crippen molar-refractivity contribution in [1.82, 2.24) is 10.2 Å². The normalized spacial score (nSPS) is 14.3. The highest BCUT2D eigenvalue weighted by atomic mass is 16.5. The summed E-state index contributed by atoms with van der Waals surface area (Å²) >= 11 is 0. The Morgan fingerprint density at radius 1 is 0.949 bits per heavy atom. The number of ether oxygens (including phenoxy) is 1. The Kier molecular flexibility index (Phi) is 7.87. The fourth-order valence-electron chi connectivity index (χ4n) is 4.74. The van der Waals surface area contributed by atoms with Gasteiger partial charge in [0.1, 0.15) is 17.7 Å². The average Bonchev–Trinajstić information content (AvgIpc) is 2.97. The van der Waals surface area contributed by atoms with Crippen molar-refractivity contribution in [3.8, 4) is 5.75 Å². The number of fused-ring (bicyclic) bond motifs is 1. The minimum Gasteiger partial charge on any atom is -0.490 e. The van der Waals surface area contributed by atoms with Gasteiger partial charge in [0.25, 0.3) is 5.91 Å². The molecule has 1 aliphatic heterocycles. The van der Waals surface area contributed by atoms with Gasteiger partial charge in [-0.15, -0.1) is 0 Å². The first-order chi connectivity index (χ1) is 18.9. The standard InChI is InChI=1S/C32H33N5O2/c1-22(33)37-17-15-30(16-18-37)39-29-13-11-28(12-14-29)36-31(34)26-10-9-24-8-7-23(19-27(24)20-26)21-35-32(38)25-5-3-2-4-6-25/h2-14,19-20,30,33H,15-18,21H2,1H3,(H2,34,36)(H,35,38). The lowest BCUT2D eigenvalue weighted by Crippen LogP contribution is -2.40. The Balaban J connectivity index is 1.22. The van der Waals surface area contributed by atoms with E-state index in [4.69, 9.17) is 15.9 Å². The predicted molar refractivity (Wildman–Crippen MR) is 157 cm³/mol. The number of hydrogen-bond donors (Lipinski definition) is 3. The second-order valence-electron chi connectivity index (χ2n) is 9.83. The number of aliphatic imine (C=N–C) groups is 1. The topological polar surface area (TPSA) is 104 Å². The Hall–Kier alpha value is -4.65. The molecule has 0 atom stereocenters. The molecule has 0 spiro atoms. The number of carbonyl (C=O) groups excluding carboxylic acids is 1. The zero-order valence-corrected chi connectivity index (χ0v) is 22.1. The molecule has 4 N–H and O–H groups in total. The van der Waals surface area contributed by atoms with Gasteiger partial charge in [-0.05, 0) is 71.8 Å². The quantitative estimate of drug-likeness (QED) is 0.217. The van der Waals surface area contributed by atoms with Crippen LogP contribution in [0, 0.1) is 5.41 Å². The molecule has 0 unspecified atom stereocenters. The highest BCUT2D eigenvalue weighted by Crippen LogP contribution is 2.24.